The Kier molecular flexibility index (Phi) is 2.09. The molecule has 0 saturated carbocycles. The van der Waals surface area contributed by atoms with Gasteiger partial charge in [0.05, 0.1) is 6.26 Å². The first-order valence-corrected chi connectivity index (χ1v) is 3.15. The summed E-state index contributed by atoms with van der Waals surface area (Å²) >= 11 is 0. The van der Waals surface area contributed by atoms with Crippen LogP contribution < -0.4 is 5.90 Å². The van der Waals surface area contributed by atoms with Crippen molar-refractivity contribution in [1.29, 1.82) is 0 Å². The zero-order valence-corrected chi connectivity index (χ0v) is 6.13. The molecule has 3 heteroatoms. The Bertz CT molecular complexity index is 207. The van der Waals surface area contributed by atoms with Gasteiger partial charge in [0.25, 0.3) is 0 Å². The maximum Gasteiger partial charge on any atom is 0.106 e. The normalized spacial score (nSPS) is 13.5. The quantitative estimate of drug-likeness (QED) is 0.635. The van der Waals surface area contributed by atoms with Crippen LogP contribution in [0.15, 0.2) is 16.7 Å². The van der Waals surface area contributed by atoms with Gasteiger partial charge in [-0.05, 0) is 19.9 Å². The van der Waals surface area contributed by atoms with E-state index in [1.54, 1.807) is 6.26 Å². The number of hydrogen-bond acceptors (Lipinski definition) is 3. The van der Waals surface area contributed by atoms with E-state index in [-0.39, 0.29) is 6.10 Å². The molecule has 1 aromatic heterocycles. The fourth-order valence-corrected chi connectivity index (χ4v) is 0.890. The van der Waals surface area contributed by atoms with Gasteiger partial charge in [-0.25, -0.2) is 5.90 Å². The molecule has 1 heterocycles. The molecule has 0 aliphatic heterocycles. The molecule has 1 rings (SSSR count). The predicted octanol–water partition coefficient (Wildman–Crippen LogP) is 1.54. The molecular formula is C7H11NO2. The van der Waals surface area contributed by atoms with Gasteiger partial charge in [0.15, 0.2) is 0 Å². The summed E-state index contributed by atoms with van der Waals surface area (Å²) in [6.45, 7) is 3.75. The van der Waals surface area contributed by atoms with Gasteiger partial charge >= 0.3 is 0 Å². The van der Waals surface area contributed by atoms with Crippen molar-refractivity contribution in [3.8, 4) is 0 Å². The molecular weight excluding hydrogens is 130 g/mol. The average molecular weight is 141 g/mol. The summed E-state index contributed by atoms with van der Waals surface area (Å²) in [5.74, 6) is 5.85. The summed E-state index contributed by atoms with van der Waals surface area (Å²) in [6.07, 6.45) is 1.54. The van der Waals surface area contributed by atoms with E-state index in [2.05, 4.69) is 4.84 Å². The zero-order chi connectivity index (χ0) is 7.56. The third-order valence-electron chi connectivity index (χ3n) is 1.54. The van der Waals surface area contributed by atoms with E-state index in [9.17, 15) is 0 Å². The lowest BCUT2D eigenvalue weighted by molar-refractivity contribution is 0.0654. The largest absolute Gasteiger partial charge is 0.469 e. The van der Waals surface area contributed by atoms with E-state index >= 15 is 0 Å². The lowest BCUT2D eigenvalue weighted by Gasteiger charge is -2.05. The second kappa shape index (κ2) is 2.86. The highest BCUT2D eigenvalue weighted by Crippen LogP contribution is 2.19. The van der Waals surface area contributed by atoms with E-state index < -0.39 is 0 Å². The first-order valence-electron chi connectivity index (χ1n) is 3.15. The third kappa shape index (κ3) is 1.20. The van der Waals surface area contributed by atoms with Gasteiger partial charge in [-0.15, -0.1) is 0 Å². The molecule has 0 amide bonds. The molecule has 0 aliphatic rings. The molecule has 10 heavy (non-hydrogen) atoms. The highest BCUT2D eigenvalue weighted by atomic mass is 16.6. The Morgan fingerprint density at radius 3 is 2.80 bits per heavy atom. The van der Waals surface area contributed by atoms with Crippen LogP contribution in [-0.2, 0) is 4.84 Å². The minimum absolute atomic E-state index is 0.0845. The van der Waals surface area contributed by atoms with Crippen molar-refractivity contribution in [3.05, 3.63) is 23.7 Å². The van der Waals surface area contributed by atoms with Crippen molar-refractivity contribution >= 4 is 0 Å². The molecule has 0 aliphatic carbocycles. The van der Waals surface area contributed by atoms with Gasteiger partial charge in [0.1, 0.15) is 11.9 Å². The fraction of sp³-hybridized carbons (Fsp3) is 0.429. The first-order chi connectivity index (χ1) is 4.75. The van der Waals surface area contributed by atoms with Crippen LogP contribution in [0.5, 0.6) is 0 Å². The lowest BCUT2D eigenvalue weighted by atomic mass is 10.2. The zero-order valence-electron chi connectivity index (χ0n) is 6.13. The van der Waals surface area contributed by atoms with Crippen LogP contribution in [0.3, 0.4) is 0 Å². The predicted molar refractivity (Wildman–Crippen MR) is 37.1 cm³/mol. The standard InChI is InChI=1S/C7H11NO2/c1-5-7(3-4-9-5)6(2)10-8/h3-4,6H,8H2,1-2H3. The van der Waals surface area contributed by atoms with Crippen molar-refractivity contribution in [2.75, 3.05) is 0 Å². The van der Waals surface area contributed by atoms with Crippen LogP contribution in [0.2, 0.25) is 0 Å². The Hall–Kier alpha value is -0.800. The molecule has 1 unspecified atom stereocenters. The average Bonchev–Trinajstić information content (AvgIpc) is 2.34. The molecule has 0 fully saturated rings. The fourth-order valence-electron chi connectivity index (χ4n) is 0.890. The summed E-state index contributed by atoms with van der Waals surface area (Å²) in [7, 11) is 0. The number of nitrogens with two attached hydrogens (primary N) is 1. The molecule has 0 spiro atoms. The molecule has 0 radical (unpaired) electrons. The minimum Gasteiger partial charge on any atom is -0.469 e. The SMILES string of the molecule is Cc1occc1C(C)ON. The third-order valence-corrected chi connectivity index (χ3v) is 1.54. The summed E-state index contributed by atoms with van der Waals surface area (Å²) in [6, 6.07) is 1.85. The first kappa shape index (κ1) is 7.31. The summed E-state index contributed by atoms with van der Waals surface area (Å²) < 4.78 is 5.05. The van der Waals surface area contributed by atoms with Crippen molar-refractivity contribution in [2.24, 2.45) is 5.90 Å². The van der Waals surface area contributed by atoms with Crippen molar-refractivity contribution in [1.82, 2.24) is 0 Å². The number of furan rings is 1. The molecule has 56 valence electrons. The maximum atomic E-state index is 5.05. The number of rotatable bonds is 2. The van der Waals surface area contributed by atoms with Gasteiger partial charge < -0.3 is 4.42 Å². The topological polar surface area (TPSA) is 48.4 Å². The lowest BCUT2D eigenvalue weighted by Crippen LogP contribution is -2.05. The number of aryl methyl sites for hydroxylation is 1. The minimum atomic E-state index is -0.0845. The van der Waals surface area contributed by atoms with E-state index in [1.807, 2.05) is 19.9 Å². The second-order valence-corrected chi connectivity index (χ2v) is 2.21. The molecule has 2 N–H and O–H groups in total. The van der Waals surface area contributed by atoms with Crippen molar-refractivity contribution in [3.63, 3.8) is 0 Å². The molecule has 0 bridgehead atoms. The van der Waals surface area contributed by atoms with Crippen LogP contribution in [-0.4, -0.2) is 0 Å². The Labute approximate surface area is 59.7 Å². The van der Waals surface area contributed by atoms with Gasteiger partial charge in [0, 0.05) is 5.56 Å². The second-order valence-electron chi connectivity index (χ2n) is 2.21. The van der Waals surface area contributed by atoms with E-state index in [0.717, 1.165) is 11.3 Å². The van der Waals surface area contributed by atoms with Gasteiger partial charge in [0.2, 0.25) is 0 Å². The van der Waals surface area contributed by atoms with E-state index in [0.29, 0.717) is 0 Å². The Morgan fingerprint density at radius 1 is 1.70 bits per heavy atom. The molecule has 1 aromatic rings. The smallest absolute Gasteiger partial charge is 0.106 e. The molecule has 3 nitrogen and oxygen atoms in total. The van der Waals surface area contributed by atoms with Gasteiger partial charge in [-0.2, -0.15) is 0 Å². The van der Waals surface area contributed by atoms with E-state index in [4.69, 9.17) is 10.3 Å². The molecule has 0 saturated heterocycles. The Balaban J connectivity index is 2.82. The summed E-state index contributed by atoms with van der Waals surface area (Å²) in [5.41, 5.74) is 1.00. The van der Waals surface area contributed by atoms with Crippen LogP contribution in [0.25, 0.3) is 0 Å². The van der Waals surface area contributed by atoms with Gasteiger partial charge in [-0.3, -0.25) is 4.84 Å². The van der Waals surface area contributed by atoms with Crippen LogP contribution >= 0.6 is 0 Å². The van der Waals surface area contributed by atoms with Crippen LogP contribution in [0, 0.1) is 6.92 Å². The Morgan fingerprint density at radius 2 is 2.40 bits per heavy atom. The number of hydrogen-bond donors (Lipinski definition) is 1. The maximum absolute atomic E-state index is 5.05. The molecule has 1 atom stereocenters. The van der Waals surface area contributed by atoms with Crippen molar-refractivity contribution in [2.45, 2.75) is 20.0 Å². The summed E-state index contributed by atoms with van der Waals surface area (Å²) in [4.78, 5) is 4.62. The van der Waals surface area contributed by atoms with E-state index in [1.165, 1.54) is 0 Å². The molecule has 0 aromatic carbocycles. The van der Waals surface area contributed by atoms with Gasteiger partial charge in [-0.1, -0.05) is 0 Å². The highest BCUT2D eigenvalue weighted by molar-refractivity contribution is 5.17. The van der Waals surface area contributed by atoms with Crippen LogP contribution in [0.4, 0.5) is 0 Å². The summed E-state index contributed by atoms with van der Waals surface area (Å²) in [5, 5.41) is 0. The monoisotopic (exact) mass is 141 g/mol. The highest BCUT2D eigenvalue weighted by Gasteiger charge is 2.08. The van der Waals surface area contributed by atoms with Crippen molar-refractivity contribution < 1.29 is 9.25 Å². The van der Waals surface area contributed by atoms with Crippen LogP contribution in [0.1, 0.15) is 24.4 Å².